The molecule has 1 heterocycles. The van der Waals surface area contributed by atoms with Crippen molar-refractivity contribution in [1.29, 1.82) is 0 Å². The van der Waals surface area contributed by atoms with Crippen LogP contribution < -0.4 is 16.8 Å². The molecule has 0 amide bonds. The van der Waals surface area contributed by atoms with Crippen LogP contribution in [0, 0.1) is 5.82 Å². The number of hydrogen-bond acceptors (Lipinski definition) is 4. The maximum absolute atomic E-state index is 14.2. The molecule has 0 radical (unpaired) electrons. The molecule has 1 saturated heterocycles. The first-order chi connectivity index (χ1) is 13.3. The van der Waals surface area contributed by atoms with Crippen molar-refractivity contribution < 1.29 is 4.39 Å². The van der Waals surface area contributed by atoms with Crippen LogP contribution >= 0.6 is 23.4 Å². The first-order valence-corrected chi connectivity index (χ1v) is 10.5. The number of allylic oxidation sites excluding steroid dienone is 5. The third kappa shape index (κ3) is 6.21. The molecule has 0 spiro atoms. The van der Waals surface area contributed by atoms with E-state index < -0.39 is 5.82 Å². The minimum atomic E-state index is -0.433. The quantitative estimate of drug-likeness (QED) is 0.512. The average Bonchev–Trinajstić information content (AvgIpc) is 3.16. The molecule has 0 bridgehead atoms. The van der Waals surface area contributed by atoms with Crippen LogP contribution in [0.2, 0.25) is 5.02 Å². The molecule has 1 aliphatic heterocycles. The Labute approximate surface area is 176 Å². The van der Waals surface area contributed by atoms with Gasteiger partial charge in [0.2, 0.25) is 0 Å². The SMILES string of the molecule is C=C/C=C(\C=C(C)C)NC(/C=C(\N)c1cc(Cl)ccc1F)=C(/N)C1CCCS1. The van der Waals surface area contributed by atoms with E-state index in [1.54, 1.807) is 12.2 Å². The first kappa shape index (κ1) is 22.2. The van der Waals surface area contributed by atoms with E-state index in [1.165, 1.54) is 18.2 Å². The second-order valence-electron chi connectivity index (χ2n) is 6.80. The minimum Gasteiger partial charge on any atom is -0.399 e. The van der Waals surface area contributed by atoms with E-state index in [9.17, 15) is 4.39 Å². The maximum Gasteiger partial charge on any atom is 0.132 e. The van der Waals surface area contributed by atoms with Gasteiger partial charge in [-0.05, 0) is 68.9 Å². The molecule has 5 N–H and O–H groups in total. The predicted octanol–water partition coefficient (Wildman–Crippen LogP) is 5.47. The summed E-state index contributed by atoms with van der Waals surface area (Å²) in [5.74, 6) is 0.641. The standard InChI is InChI=1S/C22H27ClFN3S/c1-4-6-16(11-14(2)3)27-20(22(26)21-7-5-10-28-21)13-19(25)17-12-15(23)8-9-18(17)24/h4,6,8-9,11-13,21,27H,1,5,7,10,25-26H2,2-3H3/b16-6+,19-13-,22-20+. The molecule has 1 aromatic rings. The van der Waals surface area contributed by atoms with Crippen molar-refractivity contribution >= 4 is 29.1 Å². The largest absolute Gasteiger partial charge is 0.399 e. The van der Waals surface area contributed by atoms with Crippen LogP contribution in [0.4, 0.5) is 4.39 Å². The molecule has 1 unspecified atom stereocenters. The summed E-state index contributed by atoms with van der Waals surface area (Å²) < 4.78 is 14.2. The fourth-order valence-corrected chi connectivity index (χ4v) is 4.29. The Hall–Kier alpha value is -2.11. The van der Waals surface area contributed by atoms with Gasteiger partial charge < -0.3 is 16.8 Å². The monoisotopic (exact) mass is 419 g/mol. The summed E-state index contributed by atoms with van der Waals surface area (Å²) in [4.78, 5) is 0. The Kier molecular flexibility index (Phi) is 8.27. The third-order valence-electron chi connectivity index (χ3n) is 4.15. The molecule has 28 heavy (non-hydrogen) atoms. The number of nitrogens with two attached hydrogens (primary N) is 2. The number of benzene rings is 1. The van der Waals surface area contributed by atoms with Gasteiger partial charge in [0, 0.05) is 32.9 Å². The fourth-order valence-electron chi connectivity index (χ4n) is 2.86. The van der Waals surface area contributed by atoms with Crippen LogP contribution in [0.1, 0.15) is 32.3 Å². The summed E-state index contributed by atoms with van der Waals surface area (Å²) in [6.45, 7) is 7.77. The Balaban J connectivity index is 2.50. The Morgan fingerprint density at radius 2 is 2.07 bits per heavy atom. The summed E-state index contributed by atoms with van der Waals surface area (Å²) in [5.41, 5.74) is 16.5. The van der Waals surface area contributed by atoms with Gasteiger partial charge in [-0.1, -0.05) is 29.8 Å². The molecular weight excluding hydrogens is 393 g/mol. The second kappa shape index (κ2) is 10.4. The highest BCUT2D eigenvalue weighted by Crippen LogP contribution is 2.31. The lowest BCUT2D eigenvalue weighted by Crippen LogP contribution is -2.22. The van der Waals surface area contributed by atoms with Gasteiger partial charge in [-0.15, -0.1) is 0 Å². The lowest BCUT2D eigenvalue weighted by Gasteiger charge is -2.18. The number of rotatable bonds is 7. The molecule has 1 aliphatic rings. The van der Waals surface area contributed by atoms with Crippen LogP contribution in [0.3, 0.4) is 0 Å². The van der Waals surface area contributed by atoms with Gasteiger partial charge in [0.05, 0.1) is 5.70 Å². The highest BCUT2D eigenvalue weighted by molar-refractivity contribution is 8.00. The topological polar surface area (TPSA) is 64.1 Å². The van der Waals surface area contributed by atoms with Gasteiger partial charge in [-0.2, -0.15) is 11.8 Å². The van der Waals surface area contributed by atoms with Crippen molar-refractivity contribution in [2.24, 2.45) is 11.5 Å². The molecule has 2 rings (SSSR count). The normalized spacial score (nSPS) is 18.5. The van der Waals surface area contributed by atoms with E-state index in [0.29, 0.717) is 16.4 Å². The van der Waals surface area contributed by atoms with Crippen molar-refractivity contribution in [2.75, 3.05) is 5.75 Å². The summed E-state index contributed by atoms with van der Waals surface area (Å²) >= 11 is 7.83. The van der Waals surface area contributed by atoms with Gasteiger partial charge >= 0.3 is 0 Å². The number of hydrogen-bond donors (Lipinski definition) is 3. The van der Waals surface area contributed by atoms with Crippen molar-refractivity contribution in [3.63, 3.8) is 0 Å². The van der Waals surface area contributed by atoms with E-state index in [1.807, 2.05) is 37.8 Å². The molecule has 1 atom stereocenters. The van der Waals surface area contributed by atoms with Gasteiger partial charge in [-0.25, -0.2) is 4.39 Å². The molecule has 6 heteroatoms. The number of thioether (sulfide) groups is 1. The van der Waals surface area contributed by atoms with Crippen molar-refractivity contribution in [1.82, 2.24) is 5.32 Å². The number of nitrogens with one attached hydrogen (secondary N) is 1. The smallest absolute Gasteiger partial charge is 0.132 e. The molecule has 1 aromatic carbocycles. The van der Waals surface area contributed by atoms with Gasteiger partial charge in [0.15, 0.2) is 0 Å². The first-order valence-electron chi connectivity index (χ1n) is 9.10. The van der Waals surface area contributed by atoms with Gasteiger partial charge in [0.1, 0.15) is 5.82 Å². The highest BCUT2D eigenvalue weighted by Gasteiger charge is 2.21. The zero-order chi connectivity index (χ0) is 20.7. The van der Waals surface area contributed by atoms with Crippen LogP contribution in [0.15, 0.2) is 71.7 Å². The summed E-state index contributed by atoms with van der Waals surface area (Å²) in [6, 6.07) is 4.31. The Morgan fingerprint density at radius 3 is 2.68 bits per heavy atom. The van der Waals surface area contributed by atoms with Crippen molar-refractivity contribution in [3.05, 3.63) is 88.1 Å². The Morgan fingerprint density at radius 1 is 1.32 bits per heavy atom. The average molecular weight is 420 g/mol. The van der Waals surface area contributed by atoms with Crippen molar-refractivity contribution in [3.8, 4) is 0 Å². The molecule has 0 aliphatic carbocycles. The molecule has 1 fully saturated rings. The molecule has 3 nitrogen and oxygen atoms in total. The molecular formula is C22H27ClFN3S. The van der Waals surface area contributed by atoms with Crippen LogP contribution in [0.5, 0.6) is 0 Å². The second-order valence-corrected chi connectivity index (χ2v) is 8.55. The number of halogens is 2. The molecule has 0 saturated carbocycles. The third-order valence-corrected chi connectivity index (χ3v) is 5.80. The van der Waals surface area contributed by atoms with E-state index in [0.717, 1.165) is 29.9 Å². The van der Waals surface area contributed by atoms with Crippen LogP contribution in [0.25, 0.3) is 5.70 Å². The summed E-state index contributed by atoms with van der Waals surface area (Å²) in [7, 11) is 0. The lowest BCUT2D eigenvalue weighted by molar-refractivity contribution is 0.623. The van der Waals surface area contributed by atoms with Gasteiger partial charge in [-0.3, -0.25) is 0 Å². The zero-order valence-corrected chi connectivity index (χ0v) is 17.8. The van der Waals surface area contributed by atoms with Gasteiger partial charge in [0.25, 0.3) is 0 Å². The highest BCUT2D eigenvalue weighted by atomic mass is 35.5. The van der Waals surface area contributed by atoms with Crippen molar-refractivity contribution in [2.45, 2.75) is 31.9 Å². The summed E-state index contributed by atoms with van der Waals surface area (Å²) in [6.07, 6.45) is 9.34. The fraction of sp³-hybridized carbons (Fsp3) is 0.273. The Bertz CT molecular complexity index is 845. The van der Waals surface area contributed by atoms with E-state index >= 15 is 0 Å². The zero-order valence-electron chi connectivity index (χ0n) is 16.3. The van der Waals surface area contributed by atoms with E-state index in [-0.39, 0.29) is 16.5 Å². The maximum atomic E-state index is 14.2. The molecule has 0 aromatic heterocycles. The van der Waals surface area contributed by atoms with Crippen LogP contribution in [-0.4, -0.2) is 11.0 Å². The van der Waals surface area contributed by atoms with E-state index in [2.05, 4.69) is 11.9 Å². The molecule has 150 valence electrons. The van der Waals surface area contributed by atoms with Crippen LogP contribution in [-0.2, 0) is 0 Å². The minimum absolute atomic E-state index is 0.201. The summed E-state index contributed by atoms with van der Waals surface area (Å²) in [5, 5.41) is 3.96. The van der Waals surface area contributed by atoms with E-state index in [4.69, 9.17) is 23.1 Å². The lowest BCUT2D eigenvalue weighted by atomic mass is 10.1. The predicted molar refractivity (Wildman–Crippen MR) is 121 cm³/mol.